The number of rotatable bonds is 5. The zero-order chi connectivity index (χ0) is 20.5. The summed E-state index contributed by atoms with van der Waals surface area (Å²) in [6.45, 7) is 4.16. The normalized spacial score (nSPS) is 15.6. The minimum atomic E-state index is -0.593. The summed E-state index contributed by atoms with van der Waals surface area (Å²) < 4.78 is 7.42. The minimum absolute atomic E-state index is 0.119. The molecule has 0 aliphatic carbocycles. The first kappa shape index (κ1) is 18.5. The Morgan fingerprint density at radius 1 is 1.28 bits per heavy atom. The SMILES string of the molecule is CCOc1ccccc1C1C(C(N)=O)=C(C)Nc2nc(-c3cccc(O)c3)nn21. The number of carbonyl (C=O) groups is 1. The Labute approximate surface area is 167 Å². The highest BCUT2D eigenvalue weighted by atomic mass is 16.5. The molecule has 3 aromatic rings. The molecule has 148 valence electrons. The van der Waals surface area contributed by atoms with Crippen molar-refractivity contribution in [3.63, 3.8) is 0 Å². The molecule has 8 nitrogen and oxygen atoms in total. The van der Waals surface area contributed by atoms with Crippen LogP contribution in [0.3, 0.4) is 0 Å². The largest absolute Gasteiger partial charge is 0.508 e. The van der Waals surface area contributed by atoms with Crippen LogP contribution in [0.15, 0.2) is 59.8 Å². The Balaban J connectivity index is 1.91. The molecule has 1 unspecified atom stereocenters. The van der Waals surface area contributed by atoms with Crippen molar-refractivity contribution < 1.29 is 14.6 Å². The molecule has 2 aromatic carbocycles. The second-order valence-electron chi connectivity index (χ2n) is 6.66. The molecule has 29 heavy (non-hydrogen) atoms. The Bertz CT molecular complexity index is 1120. The highest BCUT2D eigenvalue weighted by Crippen LogP contribution is 2.39. The van der Waals surface area contributed by atoms with Crippen molar-refractivity contribution in [2.45, 2.75) is 19.9 Å². The van der Waals surface area contributed by atoms with Crippen molar-refractivity contribution in [3.05, 3.63) is 65.4 Å². The number of carbonyl (C=O) groups excluding carboxylic acids is 1. The lowest BCUT2D eigenvalue weighted by Crippen LogP contribution is -2.32. The van der Waals surface area contributed by atoms with Gasteiger partial charge in [0.25, 0.3) is 0 Å². The van der Waals surface area contributed by atoms with E-state index in [0.29, 0.717) is 41.0 Å². The van der Waals surface area contributed by atoms with Crippen molar-refractivity contribution >= 4 is 11.9 Å². The van der Waals surface area contributed by atoms with Crippen LogP contribution < -0.4 is 15.8 Å². The summed E-state index contributed by atoms with van der Waals surface area (Å²) in [7, 11) is 0. The third kappa shape index (κ3) is 3.29. The molecule has 0 saturated carbocycles. The van der Waals surface area contributed by atoms with Crippen LogP contribution >= 0.6 is 0 Å². The summed E-state index contributed by atoms with van der Waals surface area (Å²) in [5.74, 6) is 1.11. The molecule has 1 amide bonds. The van der Waals surface area contributed by atoms with E-state index in [2.05, 4.69) is 15.4 Å². The van der Waals surface area contributed by atoms with Crippen molar-refractivity contribution in [2.75, 3.05) is 11.9 Å². The molecule has 0 radical (unpaired) electrons. The van der Waals surface area contributed by atoms with Gasteiger partial charge in [-0.3, -0.25) is 4.79 Å². The van der Waals surface area contributed by atoms with Gasteiger partial charge in [0.1, 0.15) is 17.5 Å². The molecule has 2 heterocycles. The monoisotopic (exact) mass is 391 g/mol. The molecule has 0 saturated heterocycles. The van der Waals surface area contributed by atoms with Gasteiger partial charge in [-0.25, -0.2) is 4.68 Å². The average Bonchev–Trinajstić information content (AvgIpc) is 3.11. The molecule has 0 spiro atoms. The van der Waals surface area contributed by atoms with Gasteiger partial charge in [0, 0.05) is 16.8 Å². The number of nitrogens with zero attached hydrogens (tertiary/aromatic N) is 3. The number of para-hydroxylation sites is 1. The van der Waals surface area contributed by atoms with Crippen LogP contribution in [0.4, 0.5) is 5.95 Å². The van der Waals surface area contributed by atoms with E-state index in [-0.39, 0.29) is 5.75 Å². The molecular weight excluding hydrogens is 370 g/mol. The summed E-state index contributed by atoms with van der Waals surface area (Å²) in [6, 6.07) is 13.6. The maximum Gasteiger partial charge on any atom is 0.248 e. The lowest BCUT2D eigenvalue weighted by Gasteiger charge is -2.28. The van der Waals surface area contributed by atoms with Gasteiger partial charge >= 0.3 is 0 Å². The van der Waals surface area contributed by atoms with Gasteiger partial charge in [-0.2, -0.15) is 4.98 Å². The summed E-state index contributed by atoms with van der Waals surface area (Å²) in [5.41, 5.74) is 8.14. The van der Waals surface area contributed by atoms with E-state index in [9.17, 15) is 9.90 Å². The predicted molar refractivity (Wildman–Crippen MR) is 108 cm³/mol. The number of aromatic hydroxyl groups is 1. The van der Waals surface area contributed by atoms with Crippen molar-refractivity contribution in [1.82, 2.24) is 14.8 Å². The third-order valence-electron chi connectivity index (χ3n) is 4.74. The molecule has 8 heteroatoms. The number of phenolic OH excluding ortho intramolecular Hbond substituents is 1. The molecule has 4 rings (SSSR count). The summed E-state index contributed by atoms with van der Waals surface area (Å²) >= 11 is 0. The van der Waals surface area contributed by atoms with E-state index in [1.165, 1.54) is 0 Å². The lowest BCUT2D eigenvalue weighted by atomic mass is 9.94. The maximum atomic E-state index is 12.3. The highest BCUT2D eigenvalue weighted by Gasteiger charge is 2.35. The molecule has 0 bridgehead atoms. The number of ether oxygens (including phenoxy) is 1. The van der Waals surface area contributed by atoms with Crippen molar-refractivity contribution in [1.29, 1.82) is 0 Å². The van der Waals surface area contributed by atoms with E-state index in [0.717, 1.165) is 5.56 Å². The number of hydrogen-bond donors (Lipinski definition) is 3. The Morgan fingerprint density at radius 2 is 2.07 bits per heavy atom. The zero-order valence-electron chi connectivity index (χ0n) is 16.1. The van der Waals surface area contributed by atoms with Gasteiger partial charge in [-0.05, 0) is 32.0 Å². The van der Waals surface area contributed by atoms with Gasteiger partial charge in [-0.15, -0.1) is 5.10 Å². The summed E-state index contributed by atoms with van der Waals surface area (Å²) in [5, 5.41) is 17.5. The van der Waals surface area contributed by atoms with Crippen LogP contribution in [-0.4, -0.2) is 32.4 Å². The first-order chi connectivity index (χ1) is 14.0. The minimum Gasteiger partial charge on any atom is -0.508 e. The van der Waals surface area contributed by atoms with Crippen LogP contribution in [-0.2, 0) is 4.79 Å². The number of allylic oxidation sites excluding steroid dienone is 1. The first-order valence-electron chi connectivity index (χ1n) is 9.25. The standard InChI is InChI=1S/C21H21N5O3/c1-3-29-16-10-5-4-9-15(16)18-17(19(22)28)12(2)23-21-24-20(25-26(18)21)13-7-6-8-14(27)11-13/h4-11,18,27H,3H2,1-2H3,(H2,22,28)(H,23,24,25). The number of fused-ring (bicyclic) bond motifs is 1. The lowest BCUT2D eigenvalue weighted by molar-refractivity contribution is -0.115. The number of amides is 1. The third-order valence-corrected chi connectivity index (χ3v) is 4.74. The number of primary amides is 1. The number of hydrogen-bond acceptors (Lipinski definition) is 6. The Morgan fingerprint density at radius 3 is 2.79 bits per heavy atom. The zero-order valence-corrected chi connectivity index (χ0v) is 16.1. The van der Waals surface area contributed by atoms with Gasteiger partial charge in [0.2, 0.25) is 11.9 Å². The molecule has 0 fully saturated rings. The maximum absolute atomic E-state index is 12.3. The molecule has 1 atom stereocenters. The Hall–Kier alpha value is -3.81. The number of anilines is 1. The first-order valence-corrected chi connectivity index (χ1v) is 9.25. The molecule has 4 N–H and O–H groups in total. The fourth-order valence-corrected chi connectivity index (χ4v) is 3.52. The smallest absolute Gasteiger partial charge is 0.248 e. The van der Waals surface area contributed by atoms with Gasteiger partial charge in [0.05, 0.1) is 12.2 Å². The van der Waals surface area contributed by atoms with Crippen molar-refractivity contribution in [2.24, 2.45) is 5.73 Å². The molecule has 1 aliphatic heterocycles. The number of benzene rings is 2. The van der Waals surface area contributed by atoms with E-state index < -0.39 is 11.9 Å². The highest BCUT2D eigenvalue weighted by molar-refractivity contribution is 5.95. The van der Waals surface area contributed by atoms with Crippen LogP contribution in [0.25, 0.3) is 11.4 Å². The van der Waals surface area contributed by atoms with Gasteiger partial charge in [-0.1, -0.05) is 30.3 Å². The van der Waals surface area contributed by atoms with Crippen molar-refractivity contribution in [3.8, 4) is 22.9 Å². The van der Waals surface area contributed by atoms with Crippen LogP contribution in [0.1, 0.15) is 25.5 Å². The van der Waals surface area contributed by atoms with Crippen LogP contribution in [0, 0.1) is 0 Å². The second kappa shape index (κ2) is 7.31. The molecular formula is C21H21N5O3. The molecule has 1 aliphatic rings. The number of phenols is 1. The van der Waals surface area contributed by atoms with E-state index >= 15 is 0 Å². The number of nitrogens with one attached hydrogen (secondary N) is 1. The van der Waals surface area contributed by atoms with Crippen LogP contribution in [0.2, 0.25) is 0 Å². The fourth-order valence-electron chi connectivity index (χ4n) is 3.52. The van der Waals surface area contributed by atoms with E-state index in [1.54, 1.807) is 35.9 Å². The quantitative estimate of drug-likeness (QED) is 0.616. The van der Waals surface area contributed by atoms with E-state index in [1.807, 2.05) is 31.2 Å². The van der Waals surface area contributed by atoms with E-state index in [4.69, 9.17) is 10.5 Å². The average molecular weight is 391 g/mol. The topological polar surface area (TPSA) is 115 Å². The second-order valence-corrected chi connectivity index (χ2v) is 6.66. The molecule has 1 aromatic heterocycles. The number of aromatic nitrogens is 3. The van der Waals surface area contributed by atoms with Gasteiger partial charge < -0.3 is 20.9 Å². The fraction of sp³-hybridized carbons (Fsp3) is 0.190. The van der Waals surface area contributed by atoms with Crippen LogP contribution in [0.5, 0.6) is 11.5 Å². The predicted octanol–water partition coefficient (Wildman–Crippen LogP) is 2.82. The Kier molecular flexibility index (Phi) is 4.67. The van der Waals surface area contributed by atoms with Gasteiger partial charge in [0.15, 0.2) is 5.82 Å². The number of nitrogens with two attached hydrogens (primary N) is 1. The summed E-state index contributed by atoms with van der Waals surface area (Å²) in [6.07, 6.45) is 0. The summed E-state index contributed by atoms with van der Waals surface area (Å²) in [4.78, 5) is 16.9.